The number of halogens is 4. The van der Waals surface area contributed by atoms with Crippen LogP contribution in [0.2, 0.25) is 5.02 Å². The lowest BCUT2D eigenvalue weighted by atomic mass is 10.00. The molecular weight excluding hydrogens is 283 g/mol. The minimum Gasteiger partial charge on any atom is -0.320 e. The maximum atomic E-state index is 12.6. The first-order valence-corrected chi connectivity index (χ1v) is 6.36. The first kappa shape index (κ1) is 13.4. The molecule has 96 valence electrons. The molecule has 2 N–H and O–H groups in total. The summed E-state index contributed by atoms with van der Waals surface area (Å²) in [6, 6.07) is 4.31. The summed E-state index contributed by atoms with van der Waals surface area (Å²) in [5.74, 6) is 0. The largest absolute Gasteiger partial charge is 0.416 e. The van der Waals surface area contributed by atoms with Crippen LogP contribution in [-0.4, -0.2) is 0 Å². The first-order valence-electron chi connectivity index (χ1n) is 5.04. The normalized spacial score (nSPS) is 13.6. The van der Waals surface area contributed by atoms with Crippen molar-refractivity contribution in [3.63, 3.8) is 0 Å². The number of alkyl halides is 3. The summed E-state index contributed by atoms with van der Waals surface area (Å²) in [5.41, 5.74) is 6.22. The van der Waals surface area contributed by atoms with Gasteiger partial charge in [-0.15, -0.1) is 0 Å². The quantitative estimate of drug-likeness (QED) is 0.868. The fourth-order valence-electron chi connectivity index (χ4n) is 1.59. The van der Waals surface area contributed by atoms with E-state index in [9.17, 15) is 13.2 Å². The monoisotopic (exact) mass is 291 g/mol. The Morgan fingerprint density at radius 2 is 1.94 bits per heavy atom. The third-order valence-electron chi connectivity index (χ3n) is 2.56. The second-order valence-electron chi connectivity index (χ2n) is 3.77. The van der Waals surface area contributed by atoms with E-state index < -0.39 is 17.8 Å². The summed E-state index contributed by atoms with van der Waals surface area (Å²) in [6.07, 6.45) is -4.40. The van der Waals surface area contributed by atoms with E-state index in [-0.39, 0.29) is 10.6 Å². The van der Waals surface area contributed by atoms with Crippen LogP contribution in [0.4, 0.5) is 13.2 Å². The van der Waals surface area contributed by atoms with Gasteiger partial charge in [-0.05, 0) is 46.2 Å². The van der Waals surface area contributed by atoms with Crippen molar-refractivity contribution < 1.29 is 13.2 Å². The fraction of sp³-hybridized carbons (Fsp3) is 0.167. The second-order valence-corrected chi connectivity index (χ2v) is 4.96. The van der Waals surface area contributed by atoms with Gasteiger partial charge < -0.3 is 5.73 Å². The molecule has 0 fully saturated rings. The minimum absolute atomic E-state index is 0.238. The lowest BCUT2D eigenvalue weighted by Crippen LogP contribution is -2.13. The molecule has 1 aromatic carbocycles. The predicted octanol–water partition coefficient (Wildman–Crippen LogP) is 4.47. The summed E-state index contributed by atoms with van der Waals surface area (Å²) in [4.78, 5) is 0. The van der Waals surface area contributed by atoms with Crippen molar-refractivity contribution in [2.75, 3.05) is 0 Å². The van der Waals surface area contributed by atoms with Crippen molar-refractivity contribution in [2.24, 2.45) is 5.73 Å². The molecule has 0 aliphatic rings. The van der Waals surface area contributed by atoms with Crippen LogP contribution in [0, 0.1) is 0 Å². The number of hydrogen-bond acceptors (Lipinski definition) is 2. The highest BCUT2D eigenvalue weighted by atomic mass is 35.5. The highest BCUT2D eigenvalue weighted by Crippen LogP contribution is 2.35. The Balaban J connectivity index is 2.44. The summed E-state index contributed by atoms with van der Waals surface area (Å²) in [5, 5.41) is 3.85. The van der Waals surface area contributed by atoms with Crippen LogP contribution < -0.4 is 5.73 Å². The van der Waals surface area contributed by atoms with E-state index in [1.54, 1.807) is 11.4 Å². The molecule has 2 aromatic rings. The summed E-state index contributed by atoms with van der Waals surface area (Å²) in [6.45, 7) is 0. The van der Waals surface area contributed by atoms with Gasteiger partial charge in [0.1, 0.15) is 0 Å². The van der Waals surface area contributed by atoms with E-state index in [2.05, 4.69) is 0 Å². The molecule has 0 saturated carbocycles. The van der Waals surface area contributed by atoms with Gasteiger partial charge in [0, 0.05) is 5.02 Å². The second kappa shape index (κ2) is 4.91. The number of nitrogens with two attached hydrogens (primary N) is 1. The van der Waals surface area contributed by atoms with Gasteiger partial charge in [0.05, 0.1) is 11.6 Å². The summed E-state index contributed by atoms with van der Waals surface area (Å²) >= 11 is 7.35. The molecular formula is C12H9ClF3NS. The molecule has 0 unspecified atom stereocenters. The zero-order valence-electron chi connectivity index (χ0n) is 9.04. The van der Waals surface area contributed by atoms with E-state index >= 15 is 0 Å². The van der Waals surface area contributed by atoms with Crippen LogP contribution in [0.1, 0.15) is 22.7 Å². The van der Waals surface area contributed by atoms with E-state index in [0.717, 1.165) is 17.7 Å². The van der Waals surface area contributed by atoms with Gasteiger partial charge in [0.15, 0.2) is 0 Å². The molecule has 0 amide bonds. The summed E-state index contributed by atoms with van der Waals surface area (Å²) in [7, 11) is 0. The van der Waals surface area contributed by atoms with Crippen LogP contribution in [0.25, 0.3) is 0 Å². The lowest BCUT2D eigenvalue weighted by Gasteiger charge is -2.15. The molecule has 1 atom stereocenters. The van der Waals surface area contributed by atoms with Crippen LogP contribution in [0.5, 0.6) is 0 Å². The van der Waals surface area contributed by atoms with Gasteiger partial charge in [0.2, 0.25) is 0 Å². The van der Waals surface area contributed by atoms with Crippen LogP contribution in [0.3, 0.4) is 0 Å². The molecule has 0 spiro atoms. The maximum Gasteiger partial charge on any atom is 0.416 e. The zero-order valence-corrected chi connectivity index (χ0v) is 10.6. The maximum absolute atomic E-state index is 12.6. The van der Waals surface area contributed by atoms with E-state index in [1.165, 1.54) is 17.4 Å². The number of rotatable bonds is 2. The van der Waals surface area contributed by atoms with E-state index in [1.807, 2.05) is 5.38 Å². The van der Waals surface area contributed by atoms with E-state index in [4.69, 9.17) is 17.3 Å². The van der Waals surface area contributed by atoms with Gasteiger partial charge in [-0.3, -0.25) is 0 Å². The molecule has 2 rings (SSSR count). The van der Waals surface area contributed by atoms with Crippen LogP contribution in [0.15, 0.2) is 35.0 Å². The Labute approximate surface area is 111 Å². The molecule has 1 heterocycles. The Bertz CT molecular complexity index is 537. The van der Waals surface area contributed by atoms with Gasteiger partial charge in [-0.1, -0.05) is 11.6 Å². The minimum atomic E-state index is -4.40. The third kappa shape index (κ3) is 2.68. The fourth-order valence-corrected chi connectivity index (χ4v) is 2.52. The Morgan fingerprint density at radius 3 is 2.50 bits per heavy atom. The average molecular weight is 292 g/mol. The van der Waals surface area contributed by atoms with Crippen molar-refractivity contribution in [1.82, 2.24) is 0 Å². The van der Waals surface area contributed by atoms with Gasteiger partial charge in [0.25, 0.3) is 0 Å². The molecule has 0 aliphatic heterocycles. The molecule has 18 heavy (non-hydrogen) atoms. The van der Waals surface area contributed by atoms with E-state index in [0.29, 0.717) is 0 Å². The molecule has 6 heteroatoms. The average Bonchev–Trinajstić information content (AvgIpc) is 2.80. The van der Waals surface area contributed by atoms with Crippen molar-refractivity contribution >= 4 is 22.9 Å². The van der Waals surface area contributed by atoms with Crippen LogP contribution >= 0.6 is 22.9 Å². The topological polar surface area (TPSA) is 26.0 Å². The van der Waals surface area contributed by atoms with Gasteiger partial charge in [-0.25, -0.2) is 0 Å². The molecule has 0 radical (unpaired) electrons. The highest BCUT2D eigenvalue weighted by Gasteiger charge is 2.31. The predicted molar refractivity (Wildman–Crippen MR) is 66.8 cm³/mol. The standard InChI is InChI=1S/C12H9ClF3NS/c13-10-2-1-8(12(14,15)16)5-9(10)11(17)7-3-4-18-6-7/h1-6,11H,17H2/t11-/m0/s1. The molecule has 0 aliphatic carbocycles. The number of hydrogen-bond donors (Lipinski definition) is 1. The number of thiophene rings is 1. The van der Waals surface area contributed by atoms with Gasteiger partial charge in [-0.2, -0.15) is 24.5 Å². The van der Waals surface area contributed by atoms with Crippen molar-refractivity contribution in [3.8, 4) is 0 Å². The van der Waals surface area contributed by atoms with Gasteiger partial charge >= 0.3 is 6.18 Å². The Morgan fingerprint density at radius 1 is 1.22 bits per heavy atom. The summed E-state index contributed by atoms with van der Waals surface area (Å²) < 4.78 is 37.9. The first-order chi connectivity index (χ1) is 8.39. The Hall–Kier alpha value is -1.04. The van der Waals surface area contributed by atoms with Crippen molar-refractivity contribution in [2.45, 2.75) is 12.2 Å². The molecule has 1 aromatic heterocycles. The molecule has 1 nitrogen and oxygen atoms in total. The van der Waals surface area contributed by atoms with Crippen molar-refractivity contribution in [1.29, 1.82) is 0 Å². The van der Waals surface area contributed by atoms with Crippen molar-refractivity contribution in [3.05, 3.63) is 56.7 Å². The number of benzene rings is 1. The Kier molecular flexibility index (Phi) is 3.66. The molecule has 0 bridgehead atoms. The smallest absolute Gasteiger partial charge is 0.320 e. The lowest BCUT2D eigenvalue weighted by molar-refractivity contribution is -0.137. The molecule has 0 saturated heterocycles. The third-order valence-corrected chi connectivity index (χ3v) is 3.61. The SMILES string of the molecule is N[C@@H](c1ccsc1)c1cc(C(F)(F)F)ccc1Cl. The highest BCUT2D eigenvalue weighted by molar-refractivity contribution is 7.08. The zero-order chi connectivity index (χ0) is 13.3. The van der Waals surface area contributed by atoms with Crippen LogP contribution in [-0.2, 0) is 6.18 Å².